The van der Waals surface area contributed by atoms with E-state index in [1.807, 2.05) is 30.3 Å². The Hall–Kier alpha value is -1.89. The Balaban J connectivity index is 1.78. The van der Waals surface area contributed by atoms with E-state index >= 15 is 0 Å². The van der Waals surface area contributed by atoms with Gasteiger partial charge in [-0.15, -0.1) is 17.9 Å². The number of nitrogens with zero attached hydrogens (tertiary/aromatic N) is 3. The molecule has 0 N–H and O–H groups in total. The number of piperidine rings is 1. The molecule has 1 aliphatic rings. The van der Waals surface area contributed by atoms with Crippen LogP contribution in [0.1, 0.15) is 12.8 Å². The van der Waals surface area contributed by atoms with Crippen molar-refractivity contribution in [3.63, 3.8) is 0 Å². The van der Waals surface area contributed by atoms with E-state index in [0.29, 0.717) is 11.8 Å². The summed E-state index contributed by atoms with van der Waals surface area (Å²) in [5, 5.41) is 4.11. The molecule has 0 radical (unpaired) electrons. The largest absolute Gasteiger partial charge is 0.306 e. The van der Waals surface area contributed by atoms with E-state index in [2.05, 4.69) is 23.9 Å². The maximum atomic E-state index is 13.3. The lowest BCUT2D eigenvalue weighted by Crippen LogP contribution is -2.32. The minimum atomic E-state index is 0.0374. The Bertz CT molecular complexity index is 1000. The molecular weight excluding hydrogens is 374 g/mol. The Morgan fingerprint density at radius 3 is 2.74 bits per heavy atom. The molecule has 0 amide bonds. The van der Waals surface area contributed by atoms with E-state index in [4.69, 9.17) is 4.98 Å². The van der Waals surface area contributed by atoms with Gasteiger partial charge in [0.2, 0.25) is 0 Å². The highest BCUT2D eigenvalue weighted by atomic mass is 32.2. The Morgan fingerprint density at radius 2 is 2.04 bits per heavy atom. The summed E-state index contributed by atoms with van der Waals surface area (Å²) < 4.78 is 1.79. The zero-order chi connectivity index (χ0) is 18.8. The van der Waals surface area contributed by atoms with Gasteiger partial charge < -0.3 is 4.90 Å². The van der Waals surface area contributed by atoms with Crippen molar-refractivity contribution in [2.24, 2.45) is 0 Å². The number of rotatable bonds is 5. The molecule has 3 heterocycles. The number of fused-ring (bicyclic) bond motifs is 1. The van der Waals surface area contributed by atoms with E-state index in [1.165, 1.54) is 0 Å². The van der Waals surface area contributed by atoms with Crippen LogP contribution in [0.5, 0.6) is 0 Å². The SMILES string of the molecule is C=CCn1c(SC2CCN(C)CC2)nc2scc(-c3ccccc3)c2c1=O. The van der Waals surface area contributed by atoms with Gasteiger partial charge in [0.05, 0.1) is 5.39 Å². The second-order valence-corrected chi connectivity index (χ2v) is 9.04. The first kappa shape index (κ1) is 18.5. The minimum absolute atomic E-state index is 0.0374. The van der Waals surface area contributed by atoms with Gasteiger partial charge in [0.15, 0.2) is 5.16 Å². The minimum Gasteiger partial charge on any atom is -0.306 e. The first-order valence-corrected chi connectivity index (χ1v) is 11.0. The van der Waals surface area contributed by atoms with E-state index in [9.17, 15) is 4.79 Å². The van der Waals surface area contributed by atoms with Crippen molar-refractivity contribution in [2.75, 3.05) is 20.1 Å². The Kier molecular flexibility index (Phi) is 5.48. The van der Waals surface area contributed by atoms with Gasteiger partial charge in [0, 0.05) is 22.7 Å². The predicted molar refractivity (Wildman–Crippen MR) is 116 cm³/mol. The molecular formula is C21H23N3OS2. The van der Waals surface area contributed by atoms with Crippen molar-refractivity contribution in [3.8, 4) is 11.1 Å². The van der Waals surface area contributed by atoms with E-state index < -0.39 is 0 Å². The van der Waals surface area contributed by atoms with Crippen LogP contribution in [0.25, 0.3) is 21.3 Å². The molecule has 4 nitrogen and oxygen atoms in total. The number of hydrogen-bond donors (Lipinski definition) is 0. The van der Waals surface area contributed by atoms with E-state index in [1.54, 1.807) is 33.7 Å². The molecule has 4 rings (SSSR count). The molecule has 0 unspecified atom stereocenters. The van der Waals surface area contributed by atoms with E-state index in [-0.39, 0.29) is 5.56 Å². The van der Waals surface area contributed by atoms with Crippen molar-refractivity contribution in [3.05, 3.63) is 58.7 Å². The Labute approximate surface area is 167 Å². The molecule has 0 atom stereocenters. The highest BCUT2D eigenvalue weighted by Crippen LogP contribution is 2.34. The van der Waals surface area contributed by atoms with E-state index in [0.717, 1.165) is 52.4 Å². The fourth-order valence-electron chi connectivity index (χ4n) is 3.47. The van der Waals surface area contributed by atoms with Crippen molar-refractivity contribution >= 4 is 33.3 Å². The first-order chi connectivity index (χ1) is 13.2. The van der Waals surface area contributed by atoms with Gasteiger partial charge in [0.25, 0.3) is 5.56 Å². The van der Waals surface area contributed by atoms with Gasteiger partial charge >= 0.3 is 0 Å². The molecule has 0 aliphatic carbocycles. The summed E-state index contributed by atoms with van der Waals surface area (Å²) in [5.41, 5.74) is 2.07. The molecule has 140 valence electrons. The second kappa shape index (κ2) is 8.00. The molecule has 1 fully saturated rings. The molecule has 1 aromatic carbocycles. The molecule has 1 aliphatic heterocycles. The van der Waals surface area contributed by atoms with Crippen LogP contribution < -0.4 is 5.56 Å². The topological polar surface area (TPSA) is 38.1 Å². The summed E-state index contributed by atoms with van der Waals surface area (Å²) >= 11 is 3.31. The number of aromatic nitrogens is 2. The van der Waals surface area contributed by atoms with Crippen LogP contribution in [0, 0.1) is 0 Å². The maximum absolute atomic E-state index is 13.3. The molecule has 0 bridgehead atoms. The fourth-order valence-corrected chi connectivity index (χ4v) is 5.64. The molecule has 27 heavy (non-hydrogen) atoms. The standard InChI is InChI=1S/C21H23N3OS2/c1-3-11-24-20(25)18-17(15-7-5-4-6-8-15)14-26-19(18)22-21(24)27-16-9-12-23(2)13-10-16/h3-8,14,16H,1,9-13H2,2H3. The summed E-state index contributed by atoms with van der Waals surface area (Å²) in [6.45, 7) is 6.53. The van der Waals surface area contributed by atoms with Crippen LogP contribution >= 0.6 is 23.1 Å². The second-order valence-electron chi connectivity index (χ2n) is 6.91. The Morgan fingerprint density at radius 1 is 1.30 bits per heavy atom. The van der Waals surface area contributed by atoms with Gasteiger partial charge in [-0.25, -0.2) is 4.98 Å². The molecule has 6 heteroatoms. The number of hydrogen-bond acceptors (Lipinski definition) is 5. The van der Waals surface area contributed by atoms with Gasteiger partial charge in [-0.2, -0.15) is 0 Å². The smallest absolute Gasteiger partial charge is 0.263 e. The van der Waals surface area contributed by atoms with Crippen LogP contribution in [0.2, 0.25) is 0 Å². The van der Waals surface area contributed by atoms with Crippen LogP contribution in [0.15, 0.2) is 58.3 Å². The van der Waals surface area contributed by atoms with Gasteiger partial charge in [0.1, 0.15) is 4.83 Å². The zero-order valence-corrected chi connectivity index (χ0v) is 17.1. The fraction of sp³-hybridized carbons (Fsp3) is 0.333. The number of thiophene rings is 1. The van der Waals surface area contributed by atoms with Crippen molar-refractivity contribution in [1.82, 2.24) is 14.5 Å². The average molecular weight is 398 g/mol. The summed E-state index contributed by atoms with van der Waals surface area (Å²) in [7, 11) is 2.16. The highest BCUT2D eigenvalue weighted by molar-refractivity contribution is 7.99. The van der Waals surface area contributed by atoms with Crippen molar-refractivity contribution in [1.29, 1.82) is 0 Å². The lowest BCUT2D eigenvalue weighted by atomic mass is 10.1. The number of thioether (sulfide) groups is 1. The number of benzene rings is 1. The van der Waals surface area contributed by atoms with Gasteiger partial charge in [-0.3, -0.25) is 9.36 Å². The molecule has 1 saturated heterocycles. The number of likely N-dealkylation sites (tertiary alicyclic amines) is 1. The lowest BCUT2D eigenvalue weighted by molar-refractivity contribution is 0.282. The normalized spacial score (nSPS) is 16.0. The van der Waals surface area contributed by atoms with Gasteiger partial charge in [-0.05, 0) is 38.5 Å². The van der Waals surface area contributed by atoms with Crippen molar-refractivity contribution in [2.45, 2.75) is 29.8 Å². The zero-order valence-electron chi connectivity index (χ0n) is 15.4. The molecule has 0 spiro atoms. The van der Waals surface area contributed by atoms with Gasteiger partial charge in [-0.1, -0.05) is 48.2 Å². The summed E-state index contributed by atoms with van der Waals surface area (Å²) in [4.78, 5) is 21.4. The molecule has 0 saturated carbocycles. The first-order valence-electron chi connectivity index (χ1n) is 9.21. The molecule has 3 aromatic rings. The third-order valence-electron chi connectivity index (χ3n) is 4.99. The summed E-state index contributed by atoms with van der Waals surface area (Å²) in [6, 6.07) is 10.1. The predicted octanol–water partition coefficient (Wildman–Crippen LogP) is 4.50. The number of allylic oxidation sites excluding steroid dienone is 1. The maximum Gasteiger partial charge on any atom is 0.263 e. The van der Waals surface area contributed by atoms with Crippen LogP contribution in [0.4, 0.5) is 0 Å². The van der Waals surface area contributed by atoms with Crippen LogP contribution in [-0.4, -0.2) is 39.8 Å². The summed E-state index contributed by atoms with van der Waals surface area (Å²) in [5.74, 6) is 0. The third-order valence-corrected chi connectivity index (χ3v) is 7.19. The van der Waals surface area contributed by atoms with Crippen LogP contribution in [-0.2, 0) is 6.54 Å². The van der Waals surface area contributed by atoms with Crippen LogP contribution in [0.3, 0.4) is 0 Å². The summed E-state index contributed by atoms with van der Waals surface area (Å²) in [6.07, 6.45) is 4.04. The third kappa shape index (κ3) is 3.74. The van der Waals surface area contributed by atoms with Crippen molar-refractivity contribution < 1.29 is 0 Å². The lowest BCUT2D eigenvalue weighted by Gasteiger charge is -2.28. The highest BCUT2D eigenvalue weighted by Gasteiger charge is 2.22. The monoisotopic (exact) mass is 397 g/mol. The molecule has 2 aromatic heterocycles. The average Bonchev–Trinajstić information content (AvgIpc) is 3.11. The quantitative estimate of drug-likeness (QED) is 0.469.